The van der Waals surface area contributed by atoms with Crippen molar-refractivity contribution in [3.05, 3.63) is 29.8 Å². The van der Waals surface area contributed by atoms with Crippen molar-refractivity contribution >= 4 is 27.4 Å². The molecule has 7 nitrogen and oxygen atoms in total. The third-order valence-electron chi connectivity index (χ3n) is 4.90. The quantitative estimate of drug-likeness (QED) is 0.498. The van der Waals surface area contributed by atoms with Crippen LogP contribution in [0.3, 0.4) is 0 Å². The number of sulfonamides is 1. The Morgan fingerprint density at radius 1 is 1.14 bits per heavy atom. The smallest absolute Gasteiger partial charge is 0.240 e. The average molecular weight is 410 g/mol. The normalized spacial score (nSPS) is 15.6. The van der Waals surface area contributed by atoms with Crippen molar-refractivity contribution in [2.75, 3.05) is 43.3 Å². The Hall–Kier alpha value is -1.93. The van der Waals surface area contributed by atoms with Gasteiger partial charge in [0.05, 0.1) is 11.9 Å². The van der Waals surface area contributed by atoms with Gasteiger partial charge in [0.1, 0.15) is 6.54 Å². The standard InChI is InChI=1S/C20H31N3O4S/c1-17(24)18-9-7-10-19(15-18)23(28(2,26)27)16-20(25)21-11-8-14-22-12-5-3-4-6-13-22/h7,9-10,15H,3-6,8,11-14,16H2,1-2H3,(H,21,25). The summed E-state index contributed by atoms with van der Waals surface area (Å²) in [6, 6.07) is 6.31. The van der Waals surface area contributed by atoms with E-state index in [0.717, 1.165) is 36.6 Å². The van der Waals surface area contributed by atoms with Crippen molar-refractivity contribution in [2.45, 2.75) is 39.0 Å². The number of carbonyl (C=O) groups excluding carboxylic acids is 2. The fourth-order valence-electron chi connectivity index (χ4n) is 3.36. The molecule has 0 spiro atoms. The molecule has 2 rings (SSSR count). The highest BCUT2D eigenvalue weighted by Gasteiger charge is 2.21. The van der Waals surface area contributed by atoms with Crippen LogP contribution in [0.25, 0.3) is 0 Å². The summed E-state index contributed by atoms with van der Waals surface area (Å²) in [7, 11) is -3.65. The van der Waals surface area contributed by atoms with Crippen LogP contribution in [0.4, 0.5) is 5.69 Å². The molecule has 0 aliphatic carbocycles. The van der Waals surface area contributed by atoms with E-state index in [9.17, 15) is 18.0 Å². The van der Waals surface area contributed by atoms with Crippen LogP contribution in [-0.2, 0) is 14.8 Å². The molecule has 0 saturated carbocycles. The molecule has 1 saturated heterocycles. The van der Waals surface area contributed by atoms with Crippen molar-refractivity contribution in [3.8, 4) is 0 Å². The lowest BCUT2D eigenvalue weighted by Gasteiger charge is -2.23. The molecule has 1 fully saturated rings. The van der Waals surface area contributed by atoms with Gasteiger partial charge in [0.25, 0.3) is 0 Å². The van der Waals surface area contributed by atoms with Gasteiger partial charge in [-0.2, -0.15) is 0 Å². The molecular weight excluding hydrogens is 378 g/mol. The lowest BCUT2D eigenvalue weighted by Crippen LogP contribution is -2.41. The minimum absolute atomic E-state index is 0.159. The predicted molar refractivity (Wildman–Crippen MR) is 111 cm³/mol. The van der Waals surface area contributed by atoms with Gasteiger partial charge in [-0.3, -0.25) is 13.9 Å². The molecule has 156 valence electrons. The second-order valence-electron chi connectivity index (χ2n) is 7.34. The van der Waals surface area contributed by atoms with Crippen LogP contribution in [0, 0.1) is 0 Å². The molecule has 0 atom stereocenters. The first kappa shape index (κ1) is 22.4. The second-order valence-corrected chi connectivity index (χ2v) is 9.24. The number of ketones is 1. The zero-order chi connectivity index (χ0) is 20.6. The lowest BCUT2D eigenvalue weighted by molar-refractivity contribution is -0.119. The van der Waals surface area contributed by atoms with E-state index in [1.54, 1.807) is 18.2 Å². The van der Waals surface area contributed by atoms with Gasteiger partial charge in [-0.25, -0.2) is 8.42 Å². The highest BCUT2D eigenvalue weighted by Crippen LogP contribution is 2.19. The maximum absolute atomic E-state index is 12.3. The monoisotopic (exact) mass is 409 g/mol. The first-order valence-electron chi connectivity index (χ1n) is 9.85. The van der Waals surface area contributed by atoms with Crippen molar-refractivity contribution in [2.24, 2.45) is 0 Å². The molecule has 1 heterocycles. The molecule has 0 unspecified atom stereocenters. The molecular formula is C20H31N3O4S. The molecule has 0 bridgehead atoms. The topological polar surface area (TPSA) is 86.8 Å². The van der Waals surface area contributed by atoms with Gasteiger partial charge < -0.3 is 10.2 Å². The summed E-state index contributed by atoms with van der Waals surface area (Å²) in [5, 5.41) is 2.81. The Morgan fingerprint density at radius 3 is 2.43 bits per heavy atom. The summed E-state index contributed by atoms with van der Waals surface area (Å²) in [5.74, 6) is -0.511. The SMILES string of the molecule is CC(=O)c1cccc(N(CC(=O)NCCCN2CCCCCC2)S(C)(=O)=O)c1. The van der Waals surface area contributed by atoms with Gasteiger partial charge in [0.2, 0.25) is 15.9 Å². The first-order chi connectivity index (χ1) is 13.3. The molecule has 1 aromatic rings. The summed E-state index contributed by atoms with van der Waals surface area (Å²) >= 11 is 0. The van der Waals surface area contributed by atoms with Crippen LogP contribution in [0.5, 0.6) is 0 Å². The van der Waals surface area contributed by atoms with Crippen LogP contribution >= 0.6 is 0 Å². The number of nitrogens with one attached hydrogen (secondary N) is 1. The van der Waals surface area contributed by atoms with Crippen LogP contribution < -0.4 is 9.62 Å². The maximum Gasteiger partial charge on any atom is 0.240 e. The number of carbonyl (C=O) groups is 2. The number of benzene rings is 1. The Morgan fingerprint density at radius 2 is 1.82 bits per heavy atom. The van der Waals surface area contributed by atoms with Gasteiger partial charge in [-0.15, -0.1) is 0 Å². The second kappa shape index (κ2) is 10.6. The number of likely N-dealkylation sites (tertiary alicyclic amines) is 1. The number of Topliss-reactive ketones (excluding diaryl/α,β-unsaturated/α-hetero) is 1. The Bertz CT molecular complexity index is 771. The molecule has 1 N–H and O–H groups in total. The van der Waals surface area contributed by atoms with E-state index < -0.39 is 10.0 Å². The Labute approximate surface area is 168 Å². The molecule has 1 aliphatic rings. The van der Waals surface area contributed by atoms with Crippen LogP contribution in [0.1, 0.15) is 49.4 Å². The highest BCUT2D eigenvalue weighted by atomic mass is 32.2. The maximum atomic E-state index is 12.3. The van der Waals surface area contributed by atoms with E-state index in [1.165, 1.54) is 38.7 Å². The average Bonchev–Trinajstić information content (AvgIpc) is 2.91. The Balaban J connectivity index is 1.89. The predicted octanol–water partition coefficient (Wildman–Crippen LogP) is 2.04. The minimum atomic E-state index is -3.65. The van der Waals surface area contributed by atoms with Gasteiger partial charge in [-0.1, -0.05) is 25.0 Å². The summed E-state index contributed by atoms with van der Waals surface area (Å²) in [6.07, 6.45) is 6.94. The zero-order valence-corrected chi connectivity index (χ0v) is 17.6. The minimum Gasteiger partial charge on any atom is -0.354 e. The number of anilines is 1. The molecule has 1 aliphatic heterocycles. The highest BCUT2D eigenvalue weighted by molar-refractivity contribution is 7.92. The largest absolute Gasteiger partial charge is 0.354 e. The number of hydrogen-bond donors (Lipinski definition) is 1. The summed E-state index contributed by atoms with van der Waals surface area (Å²) in [4.78, 5) is 26.3. The fourth-order valence-corrected chi connectivity index (χ4v) is 4.20. The van der Waals surface area contributed by atoms with E-state index in [-0.39, 0.29) is 18.2 Å². The fraction of sp³-hybridized carbons (Fsp3) is 0.600. The summed E-state index contributed by atoms with van der Waals surface area (Å²) in [5.41, 5.74) is 0.721. The van der Waals surface area contributed by atoms with Crippen molar-refractivity contribution in [1.82, 2.24) is 10.2 Å². The van der Waals surface area contributed by atoms with E-state index >= 15 is 0 Å². The third-order valence-corrected chi connectivity index (χ3v) is 6.04. The molecule has 8 heteroatoms. The van der Waals surface area contributed by atoms with E-state index in [0.29, 0.717) is 17.8 Å². The van der Waals surface area contributed by atoms with E-state index in [1.807, 2.05) is 0 Å². The van der Waals surface area contributed by atoms with Crippen LogP contribution in [0.2, 0.25) is 0 Å². The molecule has 1 aromatic carbocycles. The summed E-state index contributed by atoms with van der Waals surface area (Å²) in [6.45, 7) is 4.80. The van der Waals surface area contributed by atoms with Crippen LogP contribution in [-0.4, -0.2) is 64.0 Å². The molecule has 0 radical (unpaired) electrons. The van der Waals surface area contributed by atoms with Crippen molar-refractivity contribution in [3.63, 3.8) is 0 Å². The zero-order valence-electron chi connectivity index (χ0n) is 16.8. The number of amides is 1. The molecule has 0 aromatic heterocycles. The molecule has 1 amide bonds. The van der Waals surface area contributed by atoms with Gasteiger partial charge in [0, 0.05) is 12.1 Å². The van der Waals surface area contributed by atoms with Crippen molar-refractivity contribution in [1.29, 1.82) is 0 Å². The van der Waals surface area contributed by atoms with Gasteiger partial charge in [-0.05, 0) is 58.0 Å². The number of rotatable bonds is 9. The number of nitrogens with zero attached hydrogens (tertiary/aromatic N) is 2. The Kier molecular flexibility index (Phi) is 8.44. The van der Waals surface area contributed by atoms with E-state index in [4.69, 9.17) is 0 Å². The summed E-state index contributed by atoms with van der Waals surface area (Å²) < 4.78 is 25.4. The molecule has 28 heavy (non-hydrogen) atoms. The first-order valence-corrected chi connectivity index (χ1v) is 11.7. The van der Waals surface area contributed by atoms with Gasteiger partial charge >= 0.3 is 0 Å². The number of hydrogen-bond acceptors (Lipinski definition) is 5. The third kappa shape index (κ3) is 7.24. The lowest BCUT2D eigenvalue weighted by atomic mass is 10.1. The van der Waals surface area contributed by atoms with Crippen LogP contribution in [0.15, 0.2) is 24.3 Å². The van der Waals surface area contributed by atoms with Crippen molar-refractivity contribution < 1.29 is 18.0 Å². The van der Waals surface area contributed by atoms with E-state index in [2.05, 4.69) is 10.2 Å². The van der Waals surface area contributed by atoms with Gasteiger partial charge in [0.15, 0.2) is 5.78 Å².